The summed E-state index contributed by atoms with van der Waals surface area (Å²) < 4.78 is 1.06. The van der Waals surface area contributed by atoms with Crippen molar-refractivity contribution in [2.75, 3.05) is 17.2 Å². The second-order valence-corrected chi connectivity index (χ2v) is 5.73. The van der Waals surface area contributed by atoms with Crippen LogP contribution in [0.2, 0.25) is 0 Å². The maximum absolute atomic E-state index is 12.2. The van der Waals surface area contributed by atoms with E-state index in [4.69, 9.17) is 0 Å². The van der Waals surface area contributed by atoms with E-state index < -0.39 is 4.92 Å². The van der Waals surface area contributed by atoms with Gasteiger partial charge >= 0.3 is 0 Å². The van der Waals surface area contributed by atoms with Gasteiger partial charge in [-0.1, -0.05) is 0 Å². The highest BCUT2D eigenvalue weighted by atomic mass is 127. The quantitative estimate of drug-likeness (QED) is 0.444. The molecule has 0 aliphatic rings. The topological polar surface area (TPSA) is 84.3 Å². The van der Waals surface area contributed by atoms with Crippen LogP contribution in [0.3, 0.4) is 0 Å². The molecule has 22 heavy (non-hydrogen) atoms. The normalized spacial score (nSPS) is 10.1. The molecule has 2 N–H and O–H groups in total. The van der Waals surface area contributed by atoms with Gasteiger partial charge in [0.25, 0.3) is 11.6 Å². The molecule has 0 fully saturated rings. The number of nitrogens with one attached hydrogen (secondary N) is 2. The number of hydrogen-bond acceptors (Lipinski definition) is 4. The number of amides is 1. The lowest BCUT2D eigenvalue weighted by Gasteiger charge is -2.08. The van der Waals surface area contributed by atoms with Crippen LogP contribution in [0.25, 0.3) is 0 Å². The van der Waals surface area contributed by atoms with E-state index in [2.05, 4.69) is 33.2 Å². The molecule has 0 spiro atoms. The number of carbonyl (C=O) groups is 1. The lowest BCUT2D eigenvalue weighted by molar-refractivity contribution is -0.384. The minimum absolute atomic E-state index is 0.114. The molecule has 2 rings (SSSR count). The molecule has 0 atom stereocenters. The number of nitrogens with zero attached hydrogens (tertiary/aromatic N) is 1. The highest BCUT2D eigenvalue weighted by Crippen LogP contribution is 2.26. The number of hydrogen-bond donors (Lipinski definition) is 2. The Kier molecular flexibility index (Phi) is 5.31. The molecule has 2 aromatic rings. The van der Waals surface area contributed by atoms with Crippen molar-refractivity contribution < 1.29 is 9.72 Å². The molecule has 0 saturated carbocycles. The number of nitro groups is 1. The molecule has 0 saturated heterocycles. The molecular formula is C15H14IN3O3. The van der Waals surface area contributed by atoms with Crippen molar-refractivity contribution in [2.45, 2.75) is 6.92 Å². The van der Waals surface area contributed by atoms with Crippen LogP contribution in [0.5, 0.6) is 0 Å². The Morgan fingerprint density at radius 3 is 2.50 bits per heavy atom. The van der Waals surface area contributed by atoms with Crippen molar-refractivity contribution in [3.8, 4) is 0 Å². The van der Waals surface area contributed by atoms with E-state index in [-0.39, 0.29) is 17.2 Å². The van der Waals surface area contributed by atoms with Crippen LogP contribution in [0, 0.1) is 13.7 Å². The van der Waals surface area contributed by atoms with Gasteiger partial charge in [-0.2, -0.15) is 0 Å². The van der Waals surface area contributed by atoms with Gasteiger partial charge in [0, 0.05) is 27.4 Å². The maximum Gasteiger partial charge on any atom is 0.293 e. The predicted molar refractivity (Wildman–Crippen MR) is 94.4 cm³/mol. The van der Waals surface area contributed by atoms with E-state index in [0.717, 1.165) is 3.57 Å². The molecule has 6 nitrogen and oxygen atoms in total. The van der Waals surface area contributed by atoms with Gasteiger partial charge in [0.1, 0.15) is 5.69 Å². The first-order valence-electron chi connectivity index (χ1n) is 6.60. The Balaban J connectivity index is 2.24. The zero-order valence-corrected chi connectivity index (χ0v) is 14.0. The largest absolute Gasteiger partial charge is 0.380 e. The third-order valence-corrected chi connectivity index (χ3v) is 3.65. The van der Waals surface area contributed by atoms with E-state index in [1.807, 2.05) is 19.1 Å². The molecule has 0 heterocycles. The summed E-state index contributed by atoms with van der Waals surface area (Å²) in [6.07, 6.45) is 0. The van der Waals surface area contributed by atoms with Gasteiger partial charge in [-0.25, -0.2) is 0 Å². The van der Waals surface area contributed by atoms with Crippen LogP contribution in [0.1, 0.15) is 17.3 Å². The van der Waals surface area contributed by atoms with Gasteiger partial charge < -0.3 is 10.6 Å². The summed E-state index contributed by atoms with van der Waals surface area (Å²) >= 11 is 2.17. The third-order valence-electron chi connectivity index (χ3n) is 2.93. The zero-order chi connectivity index (χ0) is 16.1. The Morgan fingerprint density at radius 2 is 1.91 bits per heavy atom. The SMILES string of the molecule is CCNc1ccc(C(=O)Nc2ccc(I)cc2)cc1[N+](=O)[O-]. The predicted octanol–water partition coefficient (Wildman–Crippen LogP) is 3.88. The fraction of sp³-hybridized carbons (Fsp3) is 0.133. The summed E-state index contributed by atoms with van der Waals surface area (Å²) in [6, 6.07) is 11.7. The molecule has 0 radical (unpaired) electrons. The number of benzene rings is 2. The average Bonchev–Trinajstić information content (AvgIpc) is 2.50. The van der Waals surface area contributed by atoms with Gasteiger partial charge in [0.05, 0.1) is 4.92 Å². The monoisotopic (exact) mass is 411 g/mol. The van der Waals surface area contributed by atoms with Crippen molar-refractivity contribution in [3.05, 3.63) is 61.7 Å². The molecular weight excluding hydrogens is 397 g/mol. The van der Waals surface area contributed by atoms with Crippen LogP contribution in [0.4, 0.5) is 17.1 Å². The standard InChI is InChI=1S/C15H14IN3O3/c1-2-17-13-8-3-10(9-14(13)19(21)22)15(20)18-12-6-4-11(16)5-7-12/h3-9,17H,2H2,1H3,(H,18,20). The summed E-state index contributed by atoms with van der Waals surface area (Å²) in [5.41, 5.74) is 1.17. The van der Waals surface area contributed by atoms with Gasteiger partial charge in [0.15, 0.2) is 0 Å². The Hall–Kier alpha value is -2.16. The lowest BCUT2D eigenvalue weighted by atomic mass is 10.1. The fourth-order valence-corrected chi connectivity index (χ4v) is 2.26. The number of carbonyl (C=O) groups excluding carboxylic acids is 1. The Bertz CT molecular complexity index is 702. The third kappa shape index (κ3) is 3.94. The zero-order valence-electron chi connectivity index (χ0n) is 11.8. The van der Waals surface area contributed by atoms with Crippen LogP contribution in [-0.4, -0.2) is 17.4 Å². The van der Waals surface area contributed by atoms with Gasteiger partial charge in [-0.15, -0.1) is 0 Å². The van der Waals surface area contributed by atoms with E-state index in [1.54, 1.807) is 24.3 Å². The first-order valence-corrected chi connectivity index (χ1v) is 7.68. The van der Waals surface area contributed by atoms with Crippen LogP contribution in [-0.2, 0) is 0 Å². The summed E-state index contributed by atoms with van der Waals surface area (Å²) in [5.74, 6) is -0.382. The molecule has 7 heteroatoms. The molecule has 0 bridgehead atoms. The molecule has 114 valence electrons. The molecule has 0 aliphatic heterocycles. The lowest BCUT2D eigenvalue weighted by Crippen LogP contribution is -2.12. The molecule has 0 aromatic heterocycles. The number of halogens is 1. The van der Waals surface area contributed by atoms with Crippen LogP contribution in [0.15, 0.2) is 42.5 Å². The van der Waals surface area contributed by atoms with E-state index in [9.17, 15) is 14.9 Å². The van der Waals surface area contributed by atoms with E-state index in [1.165, 1.54) is 6.07 Å². The van der Waals surface area contributed by atoms with Crippen molar-refractivity contribution >= 4 is 45.6 Å². The van der Waals surface area contributed by atoms with Gasteiger partial charge in [-0.3, -0.25) is 14.9 Å². The fourth-order valence-electron chi connectivity index (χ4n) is 1.90. The average molecular weight is 411 g/mol. The van der Waals surface area contributed by atoms with E-state index in [0.29, 0.717) is 17.9 Å². The van der Waals surface area contributed by atoms with Gasteiger partial charge in [0.2, 0.25) is 0 Å². The Labute approximate surface area is 141 Å². The summed E-state index contributed by atoms with van der Waals surface area (Å²) in [5, 5.41) is 16.7. The summed E-state index contributed by atoms with van der Waals surface area (Å²) in [7, 11) is 0. The Morgan fingerprint density at radius 1 is 1.23 bits per heavy atom. The number of nitro benzene ring substituents is 1. The van der Waals surface area contributed by atoms with Crippen LogP contribution >= 0.6 is 22.6 Å². The number of anilines is 2. The van der Waals surface area contributed by atoms with Crippen LogP contribution < -0.4 is 10.6 Å². The second kappa shape index (κ2) is 7.21. The summed E-state index contributed by atoms with van der Waals surface area (Å²) in [4.78, 5) is 22.8. The van der Waals surface area contributed by atoms with Crippen molar-refractivity contribution in [3.63, 3.8) is 0 Å². The van der Waals surface area contributed by atoms with Gasteiger partial charge in [-0.05, 0) is 65.9 Å². The molecule has 2 aromatic carbocycles. The molecule has 1 amide bonds. The minimum atomic E-state index is -0.500. The minimum Gasteiger partial charge on any atom is -0.380 e. The van der Waals surface area contributed by atoms with Crippen molar-refractivity contribution in [1.82, 2.24) is 0 Å². The smallest absolute Gasteiger partial charge is 0.293 e. The van der Waals surface area contributed by atoms with Crippen molar-refractivity contribution in [2.24, 2.45) is 0 Å². The highest BCUT2D eigenvalue weighted by molar-refractivity contribution is 14.1. The number of rotatable bonds is 5. The first kappa shape index (κ1) is 16.2. The highest BCUT2D eigenvalue weighted by Gasteiger charge is 2.17. The maximum atomic E-state index is 12.2. The molecule has 0 unspecified atom stereocenters. The first-order chi connectivity index (χ1) is 10.5. The van der Waals surface area contributed by atoms with E-state index >= 15 is 0 Å². The molecule has 0 aliphatic carbocycles. The summed E-state index contributed by atoms with van der Waals surface area (Å²) in [6.45, 7) is 2.41. The van der Waals surface area contributed by atoms with Crippen molar-refractivity contribution in [1.29, 1.82) is 0 Å². The second-order valence-electron chi connectivity index (χ2n) is 4.48.